The molecule has 1 heterocycles. The highest BCUT2D eigenvalue weighted by atomic mass is 32.1. The fourth-order valence-corrected chi connectivity index (χ4v) is 2.45. The van der Waals surface area contributed by atoms with Crippen LogP contribution < -0.4 is 4.74 Å². The minimum absolute atomic E-state index is 0.194. The summed E-state index contributed by atoms with van der Waals surface area (Å²) < 4.78 is 9.93. The van der Waals surface area contributed by atoms with Gasteiger partial charge in [0.2, 0.25) is 0 Å². The third-order valence-corrected chi connectivity index (χ3v) is 3.44. The summed E-state index contributed by atoms with van der Waals surface area (Å²) in [6.45, 7) is 5.69. The Morgan fingerprint density at radius 3 is 2.67 bits per heavy atom. The number of aliphatic carboxylic acids is 1. The van der Waals surface area contributed by atoms with Crippen LogP contribution in [0.1, 0.15) is 38.1 Å². The predicted molar refractivity (Wildman–Crippen MR) is 81.8 cm³/mol. The van der Waals surface area contributed by atoms with Crippen LogP contribution in [-0.2, 0) is 4.79 Å². The maximum Gasteiger partial charge on any atom is 0.336 e. The molecule has 1 N–H and O–H groups in total. The molecule has 0 spiro atoms. The Morgan fingerprint density at radius 1 is 1.38 bits per heavy atom. The lowest BCUT2D eigenvalue weighted by Crippen LogP contribution is -2.01. The number of hydrogen-bond donors (Lipinski definition) is 1. The van der Waals surface area contributed by atoms with Gasteiger partial charge in [0.05, 0.1) is 5.57 Å². The zero-order valence-corrected chi connectivity index (χ0v) is 12.8. The summed E-state index contributed by atoms with van der Waals surface area (Å²) in [5.74, 6) is 0.407. The third kappa shape index (κ3) is 3.46. The summed E-state index contributed by atoms with van der Waals surface area (Å²) in [5, 5.41) is 9.65. The van der Waals surface area contributed by atoms with Crippen LogP contribution in [0.25, 0.3) is 5.57 Å². The molecule has 0 unspecified atom stereocenters. The molecular weight excluding hydrogens is 288 g/mol. The lowest BCUT2D eigenvalue weighted by Gasteiger charge is -2.09. The van der Waals surface area contributed by atoms with Crippen LogP contribution >= 0.6 is 11.5 Å². The largest absolute Gasteiger partial charge is 0.478 e. The standard InChI is InChI=1S/C15H16N2O3S/c1-4-10(14(18)19)11-7-5-6-8-12(11)20-15-16-13(9(2)3)17-21-15/h4-9H,1-3H3,(H,18,19). The Morgan fingerprint density at radius 2 is 2.10 bits per heavy atom. The van der Waals surface area contributed by atoms with Gasteiger partial charge in [0.15, 0.2) is 0 Å². The minimum Gasteiger partial charge on any atom is -0.478 e. The van der Waals surface area contributed by atoms with Crippen LogP contribution in [0.2, 0.25) is 0 Å². The molecular formula is C15H16N2O3S. The monoisotopic (exact) mass is 304 g/mol. The SMILES string of the molecule is CC=C(C(=O)O)c1ccccc1Oc1nc(C(C)C)ns1. The van der Waals surface area contributed by atoms with E-state index in [1.807, 2.05) is 13.8 Å². The van der Waals surface area contributed by atoms with Crippen molar-refractivity contribution >= 4 is 23.1 Å². The van der Waals surface area contributed by atoms with Gasteiger partial charge in [0.1, 0.15) is 11.6 Å². The maximum absolute atomic E-state index is 11.3. The molecule has 6 heteroatoms. The van der Waals surface area contributed by atoms with Gasteiger partial charge >= 0.3 is 5.97 Å². The van der Waals surface area contributed by atoms with Crippen molar-refractivity contribution in [2.45, 2.75) is 26.7 Å². The van der Waals surface area contributed by atoms with Gasteiger partial charge in [-0.15, -0.1) is 0 Å². The van der Waals surface area contributed by atoms with E-state index in [0.717, 1.165) is 17.4 Å². The number of allylic oxidation sites excluding steroid dienone is 1. The molecule has 0 aliphatic rings. The van der Waals surface area contributed by atoms with Crippen molar-refractivity contribution in [2.75, 3.05) is 0 Å². The molecule has 0 bridgehead atoms. The Labute approximate surface area is 127 Å². The van der Waals surface area contributed by atoms with Crippen molar-refractivity contribution in [3.8, 4) is 10.9 Å². The van der Waals surface area contributed by atoms with Gasteiger partial charge in [0, 0.05) is 23.0 Å². The molecule has 5 nitrogen and oxygen atoms in total. The predicted octanol–water partition coefficient (Wildman–Crippen LogP) is 3.94. The molecule has 0 amide bonds. The molecule has 2 rings (SSSR count). The Kier molecular flexibility index (Phi) is 4.70. The molecule has 1 aromatic heterocycles. The molecule has 2 aromatic rings. The number of aromatic nitrogens is 2. The van der Waals surface area contributed by atoms with Crippen LogP contribution in [0.3, 0.4) is 0 Å². The average Bonchev–Trinajstić information content (AvgIpc) is 2.90. The van der Waals surface area contributed by atoms with Gasteiger partial charge in [-0.3, -0.25) is 0 Å². The molecule has 0 fully saturated rings. The van der Waals surface area contributed by atoms with Gasteiger partial charge in [-0.05, 0) is 13.0 Å². The van der Waals surface area contributed by atoms with Crippen LogP contribution in [0.15, 0.2) is 30.3 Å². The van der Waals surface area contributed by atoms with Gasteiger partial charge in [-0.25, -0.2) is 4.79 Å². The van der Waals surface area contributed by atoms with Crippen molar-refractivity contribution in [1.29, 1.82) is 0 Å². The fourth-order valence-electron chi connectivity index (χ4n) is 1.76. The Hall–Kier alpha value is -2.21. The van der Waals surface area contributed by atoms with Crippen molar-refractivity contribution in [3.63, 3.8) is 0 Å². The summed E-state index contributed by atoms with van der Waals surface area (Å²) in [6.07, 6.45) is 1.55. The zero-order valence-electron chi connectivity index (χ0n) is 12.0. The first kappa shape index (κ1) is 15.2. The number of carboxylic acids is 1. The number of hydrogen-bond acceptors (Lipinski definition) is 5. The normalized spacial score (nSPS) is 11.7. The Balaban J connectivity index is 2.34. The first-order valence-electron chi connectivity index (χ1n) is 6.53. The van der Waals surface area contributed by atoms with E-state index in [4.69, 9.17) is 4.74 Å². The van der Waals surface area contributed by atoms with Gasteiger partial charge in [0.25, 0.3) is 5.19 Å². The van der Waals surface area contributed by atoms with Crippen LogP contribution in [-0.4, -0.2) is 20.4 Å². The van der Waals surface area contributed by atoms with E-state index in [1.54, 1.807) is 37.3 Å². The molecule has 0 aliphatic carbocycles. The summed E-state index contributed by atoms with van der Waals surface area (Å²) >= 11 is 1.16. The van der Waals surface area contributed by atoms with E-state index in [2.05, 4.69) is 9.36 Å². The van der Waals surface area contributed by atoms with Crippen molar-refractivity contribution in [1.82, 2.24) is 9.36 Å². The van der Waals surface area contributed by atoms with Crippen molar-refractivity contribution in [3.05, 3.63) is 41.7 Å². The maximum atomic E-state index is 11.3. The highest BCUT2D eigenvalue weighted by Crippen LogP contribution is 2.31. The smallest absolute Gasteiger partial charge is 0.336 e. The topological polar surface area (TPSA) is 72.3 Å². The second-order valence-corrected chi connectivity index (χ2v) is 5.39. The number of carbonyl (C=O) groups is 1. The van der Waals surface area contributed by atoms with Gasteiger partial charge in [-0.2, -0.15) is 9.36 Å². The zero-order chi connectivity index (χ0) is 15.4. The van der Waals surface area contributed by atoms with E-state index in [0.29, 0.717) is 16.5 Å². The quantitative estimate of drug-likeness (QED) is 0.847. The van der Waals surface area contributed by atoms with Crippen molar-refractivity contribution < 1.29 is 14.6 Å². The summed E-state index contributed by atoms with van der Waals surface area (Å²) in [4.78, 5) is 15.6. The number of ether oxygens (including phenoxy) is 1. The number of carboxylic acid groups (broad SMARTS) is 1. The minimum atomic E-state index is -0.992. The molecule has 0 radical (unpaired) electrons. The van der Waals surface area contributed by atoms with E-state index in [-0.39, 0.29) is 11.5 Å². The summed E-state index contributed by atoms with van der Waals surface area (Å²) in [7, 11) is 0. The number of para-hydroxylation sites is 1. The van der Waals surface area contributed by atoms with Crippen LogP contribution in [0.5, 0.6) is 10.9 Å². The number of nitrogens with zero attached hydrogens (tertiary/aromatic N) is 2. The van der Waals surface area contributed by atoms with Gasteiger partial charge in [-0.1, -0.05) is 38.1 Å². The second-order valence-electron chi connectivity index (χ2n) is 4.68. The Bertz CT molecular complexity index is 677. The van der Waals surface area contributed by atoms with E-state index in [1.165, 1.54) is 0 Å². The van der Waals surface area contributed by atoms with Crippen LogP contribution in [0.4, 0.5) is 0 Å². The second kappa shape index (κ2) is 6.49. The summed E-state index contributed by atoms with van der Waals surface area (Å²) in [6, 6.07) is 6.99. The number of benzene rings is 1. The van der Waals surface area contributed by atoms with Gasteiger partial charge < -0.3 is 9.84 Å². The molecule has 0 atom stereocenters. The fraction of sp³-hybridized carbons (Fsp3) is 0.267. The summed E-state index contributed by atoms with van der Waals surface area (Å²) in [5.41, 5.74) is 0.716. The molecule has 1 aromatic carbocycles. The van der Waals surface area contributed by atoms with E-state index in [9.17, 15) is 9.90 Å². The molecule has 0 saturated carbocycles. The lowest BCUT2D eigenvalue weighted by atomic mass is 10.1. The number of rotatable bonds is 5. The third-order valence-electron chi connectivity index (χ3n) is 2.83. The van der Waals surface area contributed by atoms with Crippen LogP contribution in [0, 0.1) is 0 Å². The van der Waals surface area contributed by atoms with Crippen molar-refractivity contribution in [2.24, 2.45) is 0 Å². The van der Waals surface area contributed by atoms with E-state index < -0.39 is 5.97 Å². The first-order valence-corrected chi connectivity index (χ1v) is 7.30. The first-order chi connectivity index (χ1) is 10.0. The highest BCUT2D eigenvalue weighted by Gasteiger charge is 2.16. The molecule has 21 heavy (non-hydrogen) atoms. The van der Waals surface area contributed by atoms with E-state index >= 15 is 0 Å². The molecule has 0 saturated heterocycles. The highest BCUT2D eigenvalue weighted by molar-refractivity contribution is 7.07. The average molecular weight is 304 g/mol. The lowest BCUT2D eigenvalue weighted by molar-refractivity contribution is -0.130. The molecule has 0 aliphatic heterocycles. The molecule has 110 valence electrons.